The Bertz CT molecular complexity index is 641. The van der Waals surface area contributed by atoms with Crippen LogP contribution in [-0.2, 0) is 22.0 Å². The Morgan fingerprint density at radius 1 is 1.20 bits per heavy atom. The fraction of sp³-hybridized carbons (Fsp3) is 0.133. The van der Waals surface area contributed by atoms with Crippen LogP contribution in [0.1, 0.15) is 5.56 Å². The van der Waals surface area contributed by atoms with Gasteiger partial charge in [0.1, 0.15) is 5.82 Å². The summed E-state index contributed by atoms with van der Waals surface area (Å²) in [5.74, 6) is -0.525. The normalized spacial score (nSPS) is 11.9. The average molecular weight is 291 g/mol. The fourth-order valence-corrected chi connectivity index (χ4v) is 2.31. The molecular formula is C15H14FNO2S. The van der Waals surface area contributed by atoms with Gasteiger partial charge in [0.15, 0.2) is 0 Å². The van der Waals surface area contributed by atoms with Gasteiger partial charge in [-0.25, -0.2) is 4.39 Å². The van der Waals surface area contributed by atoms with Crippen molar-refractivity contribution in [3.8, 4) is 0 Å². The molecule has 0 heterocycles. The first-order valence-corrected chi connectivity index (χ1v) is 7.58. The lowest BCUT2D eigenvalue weighted by molar-refractivity contribution is -0.115. The van der Waals surface area contributed by atoms with Crippen LogP contribution >= 0.6 is 0 Å². The molecule has 2 aromatic rings. The average Bonchev–Trinajstić information content (AvgIpc) is 2.41. The van der Waals surface area contributed by atoms with Crippen molar-refractivity contribution in [1.82, 2.24) is 0 Å². The van der Waals surface area contributed by atoms with Crippen molar-refractivity contribution < 1.29 is 13.4 Å². The quantitative estimate of drug-likeness (QED) is 0.941. The number of benzene rings is 2. The van der Waals surface area contributed by atoms with Gasteiger partial charge in [0.05, 0.1) is 6.42 Å². The number of amides is 1. The summed E-state index contributed by atoms with van der Waals surface area (Å²) in [6.45, 7) is 0. The Morgan fingerprint density at radius 3 is 2.55 bits per heavy atom. The highest BCUT2D eigenvalue weighted by Gasteiger charge is 2.06. The van der Waals surface area contributed by atoms with Gasteiger partial charge >= 0.3 is 0 Å². The van der Waals surface area contributed by atoms with Crippen molar-refractivity contribution in [2.24, 2.45) is 0 Å². The molecule has 1 amide bonds. The molecule has 0 aliphatic carbocycles. The first-order valence-electron chi connectivity index (χ1n) is 6.02. The van der Waals surface area contributed by atoms with Crippen LogP contribution in [0.2, 0.25) is 0 Å². The van der Waals surface area contributed by atoms with Crippen LogP contribution in [0.5, 0.6) is 0 Å². The molecule has 0 fully saturated rings. The highest BCUT2D eigenvalue weighted by molar-refractivity contribution is 7.84. The molecule has 0 radical (unpaired) electrons. The van der Waals surface area contributed by atoms with Gasteiger partial charge < -0.3 is 5.32 Å². The number of carbonyl (C=O) groups excluding carboxylic acids is 1. The Balaban J connectivity index is 2.02. The standard InChI is InChI=1S/C15H14FNO2S/c1-20(19)14-4-2-3-13(10-14)17-15(18)9-11-5-7-12(16)8-6-11/h2-8,10H,9H2,1H3,(H,17,18)/t20-/m1/s1. The molecule has 0 spiro atoms. The minimum atomic E-state index is -1.09. The van der Waals surface area contributed by atoms with E-state index in [1.54, 1.807) is 42.7 Å². The van der Waals surface area contributed by atoms with E-state index in [0.717, 1.165) is 5.56 Å². The molecule has 1 N–H and O–H groups in total. The number of rotatable bonds is 4. The van der Waals surface area contributed by atoms with Crippen molar-refractivity contribution in [1.29, 1.82) is 0 Å². The van der Waals surface area contributed by atoms with Crippen LogP contribution in [0.15, 0.2) is 53.4 Å². The molecule has 5 heteroatoms. The Hall–Kier alpha value is -2.01. The van der Waals surface area contributed by atoms with Crippen molar-refractivity contribution >= 4 is 22.4 Å². The third-order valence-electron chi connectivity index (χ3n) is 2.73. The van der Waals surface area contributed by atoms with E-state index in [1.165, 1.54) is 12.1 Å². The molecule has 1 atom stereocenters. The van der Waals surface area contributed by atoms with Crippen LogP contribution in [0.25, 0.3) is 0 Å². The molecule has 3 nitrogen and oxygen atoms in total. The number of anilines is 1. The van der Waals surface area contributed by atoms with Gasteiger partial charge in [-0.1, -0.05) is 18.2 Å². The van der Waals surface area contributed by atoms with Gasteiger partial charge in [-0.2, -0.15) is 0 Å². The first-order chi connectivity index (χ1) is 9.54. The SMILES string of the molecule is C[S@@](=O)c1cccc(NC(=O)Cc2ccc(F)cc2)c1. The Morgan fingerprint density at radius 2 is 1.90 bits per heavy atom. The molecule has 0 saturated heterocycles. The van der Waals surface area contributed by atoms with Crippen molar-refractivity contribution in [3.05, 3.63) is 59.9 Å². The fourth-order valence-electron chi connectivity index (χ4n) is 1.75. The van der Waals surface area contributed by atoms with Crippen molar-refractivity contribution in [3.63, 3.8) is 0 Å². The van der Waals surface area contributed by atoms with Crippen LogP contribution in [0, 0.1) is 5.82 Å². The minimum absolute atomic E-state index is 0.166. The summed E-state index contributed by atoms with van der Waals surface area (Å²) < 4.78 is 24.1. The second-order valence-corrected chi connectivity index (χ2v) is 5.71. The van der Waals surface area contributed by atoms with Crippen molar-refractivity contribution in [2.45, 2.75) is 11.3 Å². The zero-order chi connectivity index (χ0) is 14.5. The Labute approximate surface area is 119 Å². The molecule has 20 heavy (non-hydrogen) atoms. The largest absolute Gasteiger partial charge is 0.326 e. The number of hydrogen-bond acceptors (Lipinski definition) is 2. The monoisotopic (exact) mass is 291 g/mol. The molecule has 104 valence electrons. The van der Waals surface area contributed by atoms with E-state index in [9.17, 15) is 13.4 Å². The van der Waals surface area contributed by atoms with E-state index in [1.807, 2.05) is 0 Å². The molecule has 0 saturated carbocycles. The van der Waals surface area contributed by atoms with E-state index >= 15 is 0 Å². The van der Waals surface area contributed by atoms with Gasteiger partial charge in [0, 0.05) is 27.6 Å². The predicted octanol–water partition coefficient (Wildman–Crippen LogP) is 2.74. The number of hydrogen-bond donors (Lipinski definition) is 1. The lowest BCUT2D eigenvalue weighted by Gasteiger charge is -2.06. The highest BCUT2D eigenvalue weighted by Crippen LogP contribution is 2.14. The first kappa shape index (κ1) is 14.4. The third kappa shape index (κ3) is 3.99. The summed E-state index contributed by atoms with van der Waals surface area (Å²) in [6.07, 6.45) is 1.75. The van der Waals surface area contributed by atoms with Crippen LogP contribution in [-0.4, -0.2) is 16.4 Å². The highest BCUT2D eigenvalue weighted by atomic mass is 32.2. The molecule has 2 aromatic carbocycles. The minimum Gasteiger partial charge on any atom is -0.326 e. The maximum Gasteiger partial charge on any atom is 0.228 e. The maximum absolute atomic E-state index is 12.8. The van der Waals surface area contributed by atoms with E-state index in [-0.39, 0.29) is 18.1 Å². The van der Waals surface area contributed by atoms with E-state index in [0.29, 0.717) is 10.6 Å². The molecule has 2 rings (SSSR count). The van der Waals surface area contributed by atoms with Crippen LogP contribution < -0.4 is 5.32 Å². The third-order valence-corrected chi connectivity index (χ3v) is 3.65. The van der Waals surface area contributed by atoms with E-state index < -0.39 is 10.8 Å². The van der Waals surface area contributed by atoms with Gasteiger partial charge in [-0.3, -0.25) is 9.00 Å². The van der Waals surface area contributed by atoms with Gasteiger partial charge in [-0.05, 0) is 35.9 Å². The van der Waals surface area contributed by atoms with E-state index in [4.69, 9.17) is 0 Å². The lowest BCUT2D eigenvalue weighted by Crippen LogP contribution is -2.14. The zero-order valence-electron chi connectivity index (χ0n) is 10.9. The molecular weight excluding hydrogens is 277 g/mol. The molecule has 0 bridgehead atoms. The topological polar surface area (TPSA) is 46.2 Å². The summed E-state index contributed by atoms with van der Waals surface area (Å²) in [5.41, 5.74) is 1.34. The summed E-state index contributed by atoms with van der Waals surface area (Å²) >= 11 is 0. The molecule has 0 unspecified atom stereocenters. The van der Waals surface area contributed by atoms with Crippen LogP contribution in [0.4, 0.5) is 10.1 Å². The second kappa shape index (κ2) is 6.43. The maximum atomic E-state index is 12.8. The summed E-state index contributed by atoms with van der Waals surface area (Å²) in [4.78, 5) is 12.5. The van der Waals surface area contributed by atoms with Gasteiger partial charge in [0.25, 0.3) is 0 Å². The summed E-state index contributed by atoms with van der Waals surface area (Å²) in [5, 5.41) is 2.73. The van der Waals surface area contributed by atoms with Gasteiger partial charge in [-0.15, -0.1) is 0 Å². The van der Waals surface area contributed by atoms with Crippen molar-refractivity contribution in [2.75, 3.05) is 11.6 Å². The Kier molecular flexibility index (Phi) is 4.63. The smallest absolute Gasteiger partial charge is 0.228 e. The molecule has 0 aliphatic heterocycles. The predicted molar refractivity (Wildman–Crippen MR) is 77.5 cm³/mol. The molecule has 0 aliphatic rings. The lowest BCUT2D eigenvalue weighted by atomic mass is 10.1. The summed E-state index contributed by atoms with van der Waals surface area (Å²) in [7, 11) is -1.09. The summed E-state index contributed by atoms with van der Waals surface area (Å²) in [6, 6.07) is 12.7. The molecule has 0 aromatic heterocycles. The zero-order valence-corrected chi connectivity index (χ0v) is 11.7. The number of nitrogens with one attached hydrogen (secondary N) is 1. The number of halogens is 1. The van der Waals surface area contributed by atoms with E-state index in [2.05, 4.69) is 5.32 Å². The van der Waals surface area contributed by atoms with Gasteiger partial charge in [0.2, 0.25) is 5.91 Å². The number of carbonyl (C=O) groups is 1. The van der Waals surface area contributed by atoms with Crippen LogP contribution in [0.3, 0.4) is 0 Å². The second-order valence-electron chi connectivity index (χ2n) is 4.33.